The second-order valence-corrected chi connectivity index (χ2v) is 2.69. The topological polar surface area (TPSA) is 18.5 Å². The van der Waals surface area contributed by atoms with E-state index < -0.39 is 4.84 Å². The average Bonchev–Trinajstić information content (AvgIpc) is 2.12. The van der Waals surface area contributed by atoms with Crippen molar-refractivity contribution in [3.63, 3.8) is 0 Å². The summed E-state index contributed by atoms with van der Waals surface area (Å²) in [4.78, 5) is -0.461. The van der Waals surface area contributed by atoms with E-state index in [1.54, 1.807) is 0 Å². The van der Waals surface area contributed by atoms with Crippen LogP contribution in [0.4, 0.5) is 0 Å². The molecular formula is C4H6Cl2O2. The molecule has 2 nitrogen and oxygen atoms in total. The first-order valence-corrected chi connectivity index (χ1v) is 3.15. The van der Waals surface area contributed by atoms with Crippen LogP contribution in [0.3, 0.4) is 0 Å². The highest BCUT2D eigenvalue weighted by Gasteiger charge is 2.22. The zero-order valence-corrected chi connectivity index (χ0v) is 5.65. The molecule has 0 aliphatic carbocycles. The predicted molar refractivity (Wildman–Crippen MR) is 31.2 cm³/mol. The van der Waals surface area contributed by atoms with Gasteiger partial charge in [0.05, 0.1) is 6.61 Å². The van der Waals surface area contributed by atoms with E-state index in [2.05, 4.69) is 0 Å². The van der Waals surface area contributed by atoms with Gasteiger partial charge < -0.3 is 9.47 Å². The van der Waals surface area contributed by atoms with Gasteiger partial charge in [0, 0.05) is 0 Å². The summed E-state index contributed by atoms with van der Waals surface area (Å²) in [7, 11) is 0. The van der Waals surface area contributed by atoms with E-state index in [-0.39, 0.29) is 6.10 Å². The molecule has 0 saturated carbocycles. The van der Waals surface area contributed by atoms with E-state index in [4.69, 9.17) is 32.7 Å². The van der Waals surface area contributed by atoms with Gasteiger partial charge in [0.1, 0.15) is 17.7 Å². The second kappa shape index (κ2) is 2.87. The molecule has 1 fully saturated rings. The van der Waals surface area contributed by atoms with E-state index in [1.807, 2.05) is 0 Å². The van der Waals surface area contributed by atoms with E-state index in [0.29, 0.717) is 13.4 Å². The summed E-state index contributed by atoms with van der Waals surface area (Å²) < 4.78 is 9.76. The molecule has 1 aliphatic heterocycles. The molecule has 4 heteroatoms. The van der Waals surface area contributed by atoms with Gasteiger partial charge in [-0.2, -0.15) is 0 Å². The molecule has 0 radical (unpaired) electrons. The zero-order chi connectivity index (χ0) is 5.98. The van der Waals surface area contributed by atoms with Gasteiger partial charge >= 0.3 is 0 Å². The summed E-state index contributed by atoms with van der Waals surface area (Å²) in [6, 6.07) is 0. The Morgan fingerprint density at radius 2 is 2.25 bits per heavy atom. The molecule has 1 rings (SSSR count). The Morgan fingerprint density at radius 3 is 2.50 bits per heavy atom. The molecule has 0 spiro atoms. The summed E-state index contributed by atoms with van der Waals surface area (Å²) in [6.07, 6.45) is -0.127. The third kappa shape index (κ3) is 1.49. The molecule has 0 N–H and O–H groups in total. The summed E-state index contributed by atoms with van der Waals surface area (Å²) in [5.41, 5.74) is 0. The van der Waals surface area contributed by atoms with E-state index >= 15 is 0 Å². The number of halogens is 2. The van der Waals surface area contributed by atoms with Crippen molar-refractivity contribution >= 4 is 23.2 Å². The van der Waals surface area contributed by atoms with Crippen LogP contribution >= 0.6 is 23.2 Å². The summed E-state index contributed by atoms with van der Waals surface area (Å²) in [6.45, 7) is 0.832. The first-order chi connectivity index (χ1) is 3.80. The fraction of sp³-hybridized carbons (Fsp3) is 1.00. The maximum Gasteiger partial charge on any atom is 0.147 e. The molecule has 1 atom stereocenters. The maximum atomic E-state index is 5.44. The minimum Gasteiger partial charge on any atom is -0.353 e. The molecule has 8 heavy (non-hydrogen) atoms. The van der Waals surface area contributed by atoms with Gasteiger partial charge in [-0.3, -0.25) is 0 Å². The van der Waals surface area contributed by atoms with Gasteiger partial charge in [-0.05, 0) is 0 Å². The largest absolute Gasteiger partial charge is 0.353 e. The van der Waals surface area contributed by atoms with Crippen molar-refractivity contribution in [2.45, 2.75) is 10.9 Å². The first-order valence-electron chi connectivity index (χ1n) is 2.28. The van der Waals surface area contributed by atoms with Crippen LogP contribution in [0.15, 0.2) is 0 Å². The molecule has 1 heterocycles. The molecular weight excluding hydrogens is 151 g/mol. The Hall–Kier alpha value is 0.500. The first kappa shape index (κ1) is 6.62. The number of alkyl halides is 2. The lowest BCUT2D eigenvalue weighted by atomic mass is 10.4. The van der Waals surface area contributed by atoms with Crippen molar-refractivity contribution in [1.29, 1.82) is 0 Å². The molecule has 0 bridgehead atoms. The zero-order valence-electron chi connectivity index (χ0n) is 4.14. The number of hydrogen-bond acceptors (Lipinski definition) is 2. The van der Waals surface area contributed by atoms with Crippen LogP contribution in [0.1, 0.15) is 0 Å². The van der Waals surface area contributed by atoms with Crippen LogP contribution in [0.25, 0.3) is 0 Å². The molecule has 0 aromatic rings. The van der Waals surface area contributed by atoms with Crippen molar-refractivity contribution in [2.24, 2.45) is 0 Å². The number of ether oxygens (including phenoxy) is 2. The lowest BCUT2D eigenvalue weighted by Gasteiger charge is -2.05. The van der Waals surface area contributed by atoms with Crippen LogP contribution in [-0.4, -0.2) is 24.3 Å². The number of rotatable bonds is 1. The third-order valence-corrected chi connectivity index (χ3v) is 1.49. The Balaban J connectivity index is 2.24. The molecule has 1 aliphatic rings. The fourth-order valence-corrected chi connectivity index (χ4v) is 0.784. The predicted octanol–water partition coefficient (Wildman–Crippen LogP) is 1.16. The summed E-state index contributed by atoms with van der Waals surface area (Å²) in [5, 5.41) is 0. The van der Waals surface area contributed by atoms with E-state index in [9.17, 15) is 0 Å². The Labute approximate surface area is 57.7 Å². The van der Waals surface area contributed by atoms with Gasteiger partial charge in [-0.15, -0.1) is 23.2 Å². The van der Waals surface area contributed by atoms with Crippen molar-refractivity contribution in [3.05, 3.63) is 0 Å². The van der Waals surface area contributed by atoms with Crippen molar-refractivity contribution in [1.82, 2.24) is 0 Å². The highest BCUT2D eigenvalue weighted by molar-refractivity contribution is 6.44. The van der Waals surface area contributed by atoms with E-state index in [1.165, 1.54) is 0 Å². The minimum atomic E-state index is -0.461. The lowest BCUT2D eigenvalue weighted by Crippen LogP contribution is -2.17. The SMILES string of the molecule is ClC(Cl)C1COCO1. The van der Waals surface area contributed by atoms with Crippen LogP contribution in [-0.2, 0) is 9.47 Å². The van der Waals surface area contributed by atoms with Gasteiger partial charge in [-0.25, -0.2) is 0 Å². The molecule has 0 aromatic carbocycles. The van der Waals surface area contributed by atoms with Gasteiger partial charge in [0.15, 0.2) is 0 Å². The molecule has 0 amide bonds. The van der Waals surface area contributed by atoms with Crippen LogP contribution in [0.5, 0.6) is 0 Å². The maximum absolute atomic E-state index is 5.44. The van der Waals surface area contributed by atoms with Crippen molar-refractivity contribution in [3.8, 4) is 0 Å². The molecule has 1 unspecified atom stereocenters. The van der Waals surface area contributed by atoms with Gasteiger partial charge in [-0.1, -0.05) is 0 Å². The Bertz CT molecular complexity index is 70.4. The molecule has 48 valence electrons. The number of hydrogen-bond donors (Lipinski definition) is 0. The van der Waals surface area contributed by atoms with Crippen molar-refractivity contribution in [2.75, 3.05) is 13.4 Å². The Morgan fingerprint density at radius 1 is 1.50 bits per heavy atom. The normalized spacial score (nSPS) is 29.6. The van der Waals surface area contributed by atoms with E-state index in [0.717, 1.165) is 0 Å². The summed E-state index contributed by atoms with van der Waals surface area (Å²) >= 11 is 10.9. The van der Waals surface area contributed by atoms with Crippen LogP contribution in [0.2, 0.25) is 0 Å². The molecule has 0 aromatic heterocycles. The standard InChI is InChI=1S/C4H6Cl2O2/c5-4(6)3-1-7-2-8-3/h3-4H,1-2H2. The summed E-state index contributed by atoms with van der Waals surface area (Å²) in [5.74, 6) is 0. The fourth-order valence-electron chi connectivity index (χ4n) is 0.493. The van der Waals surface area contributed by atoms with Gasteiger partial charge in [0.25, 0.3) is 0 Å². The molecule has 1 saturated heterocycles. The van der Waals surface area contributed by atoms with Crippen LogP contribution in [0, 0.1) is 0 Å². The van der Waals surface area contributed by atoms with Gasteiger partial charge in [0.2, 0.25) is 0 Å². The van der Waals surface area contributed by atoms with Crippen LogP contribution < -0.4 is 0 Å². The highest BCUT2D eigenvalue weighted by atomic mass is 35.5. The highest BCUT2D eigenvalue weighted by Crippen LogP contribution is 2.15. The lowest BCUT2D eigenvalue weighted by molar-refractivity contribution is 0.0501. The van der Waals surface area contributed by atoms with Crippen molar-refractivity contribution < 1.29 is 9.47 Å². The quantitative estimate of drug-likeness (QED) is 0.531. The smallest absolute Gasteiger partial charge is 0.147 e. The second-order valence-electron chi connectivity index (χ2n) is 1.53. The minimum absolute atomic E-state index is 0.127. The monoisotopic (exact) mass is 156 g/mol. The average molecular weight is 157 g/mol. The third-order valence-electron chi connectivity index (χ3n) is 0.929. The Kier molecular flexibility index (Phi) is 2.38.